The fourth-order valence-electron chi connectivity index (χ4n) is 3.31. The molecule has 1 heterocycles. The number of thiazole rings is 1. The first kappa shape index (κ1) is 24.4. The van der Waals surface area contributed by atoms with Crippen LogP contribution in [0.1, 0.15) is 23.7 Å². The first-order valence-corrected chi connectivity index (χ1v) is 13.3. The third-order valence-electron chi connectivity index (χ3n) is 5.22. The number of benzene rings is 3. The van der Waals surface area contributed by atoms with E-state index in [4.69, 9.17) is 4.74 Å². The molecule has 4 aromatic rings. The highest BCUT2D eigenvalue weighted by Crippen LogP contribution is 2.27. The molecule has 1 N–H and O–H groups in total. The van der Waals surface area contributed by atoms with Crippen molar-refractivity contribution in [3.8, 4) is 17.0 Å². The van der Waals surface area contributed by atoms with Gasteiger partial charge in [0.1, 0.15) is 5.75 Å². The van der Waals surface area contributed by atoms with Gasteiger partial charge in [-0.3, -0.25) is 14.4 Å². The maximum absolute atomic E-state index is 13.1. The number of carbonyl (C=O) groups excluding carboxylic acids is 1. The second kappa shape index (κ2) is 10.7. The summed E-state index contributed by atoms with van der Waals surface area (Å²) in [6, 6.07) is 22.3. The van der Waals surface area contributed by atoms with E-state index < -0.39 is 15.9 Å². The van der Waals surface area contributed by atoms with Crippen LogP contribution >= 0.6 is 11.3 Å². The van der Waals surface area contributed by atoms with Gasteiger partial charge in [-0.2, -0.15) is 0 Å². The van der Waals surface area contributed by atoms with Crippen molar-refractivity contribution in [2.45, 2.75) is 18.2 Å². The van der Waals surface area contributed by atoms with E-state index in [0.29, 0.717) is 17.4 Å². The van der Waals surface area contributed by atoms with Crippen LogP contribution in [-0.2, 0) is 10.0 Å². The Morgan fingerprint density at radius 1 is 1.03 bits per heavy atom. The number of hydrogen-bond acceptors (Lipinski definition) is 6. The van der Waals surface area contributed by atoms with E-state index in [1.807, 2.05) is 35.7 Å². The lowest BCUT2D eigenvalue weighted by Crippen LogP contribution is -2.26. The molecule has 1 amide bonds. The number of ether oxygens (including phenoxy) is 1. The highest BCUT2D eigenvalue weighted by molar-refractivity contribution is 7.92. The van der Waals surface area contributed by atoms with Crippen LogP contribution < -0.4 is 14.4 Å². The van der Waals surface area contributed by atoms with Crippen LogP contribution in [0.4, 0.5) is 10.8 Å². The maximum atomic E-state index is 13.1. The van der Waals surface area contributed by atoms with Crippen molar-refractivity contribution in [1.82, 2.24) is 4.98 Å². The van der Waals surface area contributed by atoms with Crippen molar-refractivity contribution >= 4 is 38.1 Å². The molecule has 0 radical (unpaired) electrons. The number of anilines is 2. The largest absolute Gasteiger partial charge is 0.494 e. The lowest BCUT2D eigenvalue weighted by Gasteiger charge is -2.19. The van der Waals surface area contributed by atoms with Crippen LogP contribution in [-0.4, -0.2) is 33.0 Å². The van der Waals surface area contributed by atoms with Crippen LogP contribution in [0.25, 0.3) is 11.3 Å². The molecule has 180 valence electrons. The Morgan fingerprint density at radius 2 is 1.77 bits per heavy atom. The molecule has 0 fully saturated rings. The minimum atomic E-state index is -3.83. The second-order valence-corrected chi connectivity index (χ2v) is 10.5. The monoisotopic (exact) mass is 507 g/mol. The zero-order valence-corrected chi connectivity index (χ0v) is 21.0. The maximum Gasteiger partial charge on any atom is 0.264 e. The number of carbonyl (C=O) groups is 1. The lowest BCUT2D eigenvalue weighted by atomic mass is 10.2. The van der Waals surface area contributed by atoms with E-state index in [1.54, 1.807) is 36.4 Å². The molecule has 3 aromatic carbocycles. The van der Waals surface area contributed by atoms with E-state index in [9.17, 15) is 13.2 Å². The summed E-state index contributed by atoms with van der Waals surface area (Å²) in [7, 11) is -2.35. The Hall–Kier alpha value is -3.69. The lowest BCUT2D eigenvalue weighted by molar-refractivity contribution is 0.102. The molecule has 0 saturated carbocycles. The Bertz CT molecular complexity index is 1400. The summed E-state index contributed by atoms with van der Waals surface area (Å²) in [5.74, 6) is 0.362. The smallest absolute Gasteiger partial charge is 0.264 e. The summed E-state index contributed by atoms with van der Waals surface area (Å²) in [4.78, 5) is 17.4. The van der Waals surface area contributed by atoms with Gasteiger partial charge in [-0.1, -0.05) is 31.2 Å². The summed E-state index contributed by atoms with van der Waals surface area (Å²) >= 11 is 1.30. The molecular formula is C26H25N3O4S2. The fourth-order valence-corrected chi connectivity index (χ4v) is 5.26. The zero-order chi connectivity index (χ0) is 24.8. The van der Waals surface area contributed by atoms with Crippen molar-refractivity contribution in [2.24, 2.45) is 0 Å². The Balaban J connectivity index is 1.48. The van der Waals surface area contributed by atoms with Gasteiger partial charge in [-0.15, -0.1) is 11.3 Å². The van der Waals surface area contributed by atoms with Gasteiger partial charge in [0.2, 0.25) is 0 Å². The summed E-state index contributed by atoms with van der Waals surface area (Å²) in [5, 5.41) is 5.04. The van der Waals surface area contributed by atoms with Crippen molar-refractivity contribution in [3.05, 3.63) is 89.8 Å². The van der Waals surface area contributed by atoms with E-state index in [2.05, 4.69) is 17.2 Å². The van der Waals surface area contributed by atoms with E-state index >= 15 is 0 Å². The minimum Gasteiger partial charge on any atom is -0.494 e. The number of para-hydroxylation sites is 1. The summed E-state index contributed by atoms with van der Waals surface area (Å²) < 4.78 is 33.0. The van der Waals surface area contributed by atoms with Crippen LogP contribution in [0, 0.1) is 0 Å². The molecule has 35 heavy (non-hydrogen) atoms. The molecule has 0 aliphatic heterocycles. The number of nitrogens with zero attached hydrogens (tertiary/aromatic N) is 2. The fraction of sp³-hybridized carbons (Fsp3) is 0.154. The number of nitrogens with one attached hydrogen (secondary N) is 1. The molecule has 7 nitrogen and oxygen atoms in total. The molecule has 0 aliphatic rings. The number of amides is 1. The van der Waals surface area contributed by atoms with Crippen molar-refractivity contribution in [2.75, 3.05) is 23.3 Å². The SMILES string of the molecule is CCCOc1ccc(-c2csc(NC(=O)c3cccc(S(=O)(=O)N(C)c4ccccc4)c3)n2)cc1. The zero-order valence-electron chi connectivity index (χ0n) is 19.3. The van der Waals surface area contributed by atoms with Gasteiger partial charge in [-0.05, 0) is 61.0 Å². The van der Waals surface area contributed by atoms with Gasteiger partial charge in [0, 0.05) is 23.6 Å². The van der Waals surface area contributed by atoms with Crippen LogP contribution in [0.15, 0.2) is 89.1 Å². The molecule has 0 atom stereocenters. The number of hydrogen-bond donors (Lipinski definition) is 1. The number of aromatic nitrogens is 1. The quantitative estimate of drug-likeness (QED) is 0.315. The Morgan fingerprint density at radius 3 is 2.49 bits per heavy atom. The predicted molar refractivity (Wildman–Crippen MR) is 140 cm³/mol. The molecule has 0 saturated heterocycles. The van der Waals surface area contributed by atoms with Gasteiger partial charge in [-0.25, -0.2) is 13.4 Å². The highest BCUT2D eigenvalue weighted by Gasteiger charge is 2.22. The summed E-state index contributed by atoms with van der Waals surface area (Å²) in [6.45, 7) is 2.72. The third kappa shape index (κ3) is 5.70. The molecular weight excluding hydrogens is 482 g/mol. The first-order chi connectivity index (χ1) is 16.9. The van der Waals surface area contributed by atoms with Crippen molar-refractivity contribution < 1.29 is 17.9 Å². The van der Waals surface area contributed by atoms with Crippen LogP contribution in [0.3, 0.4) is 0 Å². The normalized spacial score (nSPS) is 11.1. The average Bonchev–Trinajstić information content (AvgIpc) is 3.36. The van der Waals surface area contributed by atoms with Crippen LogP contribution in [0.5, 0.6) is 5.75 Å². The van der Waals surface area contributed by atoms with Gasteiger partial charge < -0.3 is 4.74 Å². The van der Waals surface area contributed by atoms with E-state index in [1.165, 1.54) is 34.8 Å². The third-order valence-corrected chi connectivity index (χ3v) is 7.76. The van der Waals surface area contributed by atoms with Crippen LogP contribution in [0.2, 0.25) is 0 Å². The average molecular weight is 508 g/mol. The topological polar surface area (TPSA) is 88.6 Å². The summed E-state index contributed by atoms with van der Waals surface area (Å²) in [6.07, 6.45) is 0.940. The Kier molecular flexibility index (Phi) is 7.48. The highest BCUT2D eigenvalue weighted by atomic mass is 32.2. The molecule has 0 unspecified atom stereocenters. The standard InChI is InChI=1S/C26H25N3O4S2/c1-3-16-33-22-14-12-19(13-15-22)24-18-34-26(27-24)28-25(30)20-8-7-11-23(17-20)35(31,32)29(2)21-9-5-4-6-10-21/h4-15,17-18H,3,16H2,1-2H3,(H,27,28,30). The first-order valence-electron chi connectivity index (χ1n) is 11.0. The molecule has 0 bridgehead atoms. The Labute approximate surface area is 209 Å². The summed E-state index contributed by atoms with van der Waals surface area (Å²) in [5.41, 5.74) is 2.39. The van der Waals surface area contributed by atoms with Gasteiger partial charge in [0.15, 0.2) is 5.13 Å². The van der Waals surface area contributed by atoms with E-state index in [-0.39, 0.29) is 10.5 Å². The molecule has 9 heteroatoms. The minimum absolute atomic E-state index is 0.0294. The molecule has 0 aliphatic carbocycles. The molecule has 4 rings (SSSR count). The number of sulfonamides is 1. The molecule has 0 spiro atoms. The second-order valence-electron chi connectivity index (χ2n) is 7.70. The van der Waals surface area contributed by atoms with Gasteiger partial charge in [0.05, 0.1) is 22.9 Å². The van der Waals surface area contributed by atoms with Crippen molar-refractivity contribution in [3.63, 3.8) is 0 Å². The van der Waals surface area contributed by atoms with Gasteiger partial charge >= 0.3 is 0 Å². The molecule has 1 aromatic heterocycles. The van der Waals surface area contributed by atoms with Gasteiger partial charge in [0.25, 0.3) is 15.9 Å². The van der Waals surface area contributed by atoms with Crippen molar-refractivity contribution in [1.29, 1.82) is 0 Å². The number of rotatable bonds is 9. The van der Waals surface area contributed by atoms with E-state index in [0.717, 1.165) is 23.4 Å². The predicted octanol–water partition coefficient (Wildman–Crippen LogP) is 5.68.